The normalized spacial score (nSPS) is 18.9. The van der Waals surface area contributed by atoms with Gasteiger partial charge in [-0.1, -0.05) is 6.07 Å². The van der Waals surface area contributed by atoms with Crippen LogP contribution in [0.15, 0.2) is 24.3 Å². The lowest BCUT2D eigenvalue weighted by Gasteiger charge is -2.17. The molecule has 1 aromatic rings. The number of nitrogens with zero attached hydrogens (tertiary/aromatic N) is 1. The average Bonchev–Trinajstić information content (AvgIpc) is 2.76. The summed E-state index contributed by atoms with van der Waals surface area (Å²) in [4.78, 5) is 24.7. The van der Waals surface area contributed by atoms with Crippen LogP contribution in [0, 0.1) is 5.92 Å². The molecule has 9 heteroatoms. The number of nitrogens with two attached hydrogens (primary N) is 1. The Kier molecular flexibility index (Phi) is 4.24. The van der Waals surface area contributed by atoms with Gasteiger partial charge in [0.1, 0.15) is 0 Å². The van der Waals surface area contributed by atoms with Crippen LogP contribution in [0.1, 0.15) is 16.8 Å². The molecule has 3 N–H and O–H groups in total. The highest BCUT2D eigenvalue weighted by atomic mass is 32.3. The maximum Gasteiger partial charge on any atom is 0.302 e. The lowest BCUT2D eigenvalue weighted by molar-refractivity contribution is -0.117. The Balaban J connectivity index is 2.19. The number of hydrogen-bond acceptors (Lipinski definition) is 5. The molecule has 114 valence electrons. The van der Waals surface area contributed by atoms with Gasteiger partial charge in [0, 0.05) is 30.1 Å². The fourth-order valence-corrected chi connectivity index (χ4v) is 3.11. The number of halogens is 1. The zero-order chi connectivity index (χ0) is 15.6. The van der Waals surface area contributed by atoms with Gasteiger partial charge in [-0.15, -0.1) is 3.89 Å². The van der Waals surface area contributed by atoms with Gasteiger partial charge in [0.25, 0.3) is 5.91 Å². The van der Waals surface area contributed by atoms with Crippen molar-refractivity contribution in [3.63, 3.8) is 0 Å². The number of benzene rings is 1. The molecule has 1 saturated heterocycles. The van der Waals surface area contributed by atoms with Crippen molar-refractivity contribution in [1.29, 1.82) is 0 Å². The molecule has 7 nitrogen and oxygen atoms in total. The maximum atomic E-state index is 12.7. The van der Waals surface area contributed by atoms with E-state index < -0.39 is 27.8 Å². The van der Waals surface area contributed by atoms with Gasteiger partial charge in [-0.05, 0) is 18.2 Å². The fourth-order valence-electron chi connectivity index (χ4n) is 2.32. The second kappa shape index (κ2) is 5.78. The van der Waals surface area contributed by atoms with Crippen LogP contribution >= 0.6 is 0 Å². The third kappa shape index (κ3) is 3.76. The molecule has 0 aromatic heterocycles. The smallest absolute Gasteiger partial charge is 0.302 e. The highest BCUT2D eigenvalue weighted by Crippen LogP contribution is 2.26. The largest absolute Gasteiger partial charge is 0.312 e. The highest BCUT2D eigenvalue weighted by molar-refractivity contribution is 7.86. The molecule has 1 aliphatic heterocycles. The molecule has 2 rings (SSSR count). The summed E-state index contributed by atoms with van der Waals surface area (Å²) in [5, 5.41) is 0. The minimum atomic E-state index is -4.62. The average molecular weight is 315 g/mol. The molecule has 1 fully saturated rings. The van der Waals surface area contributed by atoms with E-state index in [1.165, 1.54) is 17.0 Å². The Bertz CT molecular complexity index is 677. The summed E-state index contributed by atoms with van der Waals surface area (Å²) in [7, 11) is -4.62. The minimum absolute atomic E-state index is 0.0452. The van der Waals surface area contributed by atoms with Crippen LogP contribution < -0.4 is 16.2 Å². The molecule has 0 aliphatic carbocycles. The number of amides is 2. The summed E-state index contributed by atoms with van der Waals surface area (Å²) in [5.74, 6) is 2.94. The molecule has 21 heavy (non-hydrogen) atoms. The van der Waals surface area contributed by atoms with Gasteiger partial charge in [0.2, 0.25) is 5.91 Å². The third-order valence-electron chi connectivity index (χ3n) is 3.19. The van der Waals surface area contributed by atoms with Gasteiger partial charge in [0.15, 0.2) is 0 Å². The summed E-state index contributed by atoms with van der Waals surface area (Å²) in [6, 6.07) is 6.17. The Morgan fingerprint density at radius 1 is 1.48 bits per heavy atom. The van der Waals surface area contributed by atoms with Crippen LogP contribution in [0.4, 0.5) is 9.57 Å². The summed E-state index contributed by atoms with van der Waals surface area (Å²) in [5.41, 5.74) is 2.69. The van der Waals surface area contributed by atoms with Crippen molar-refractivity contribution in [2.75, 3.05) is 17.2 Å². The van der Waals surface area contributed by atoms with Crippen LogP contribution in [0.25, 0.3) is 0 Å². The Morgan fingerprint density at radius 3 is 2.81 bits per heavy atom. The van der Waals surface area contributed by atoms with Crippen molar-refractivity contribution < 1.29 is 21.9 Å². The van der Waals surface area contributed by atoms with Crippen LogP contribution in [-0.2, 0) is 15.0 Å². The van der Waals surface area contributed by atoms with E-state index in [1.807, 2.05) is 5.43 Å². The van der Waals surface area contributed by atoms with Crippen LogP contribution in [0.3, 0.4) is 0 Å². The van der Waals surface area contributed by atoms with Crippen LogP contribution in [-0.4, -0.2) is 32.5 Å². The zero-order valence-corrected chi connectivity index (χ0v) is 11.8. The van der Waals surface area contributed by atoms with Crippen molar-refractivity contribution in [1.82, 2.24) is 5.43 Å². The number of nitrogen functional groups attached to an aromatic ring is 1. The van der Waals surface area contributed by atoms with E-state index in [0.29, 0.717) is 5.69 Å². The number of rotatable bonds is 4. The van der Waals surface area contributed by atoms with E-state index in [2.05, 4.69) is 0 Å². The standard InChI is InChI=1S/C12H14FN3O4S/c13-21(19,20)7-8-4-11(17)16(6-8)10-3-1-2-9(5-10)12(18)15-14/h1-3,5,8H,4,6-7,14H2,(H,15,18). The number of carbonyl (C=O) groups excluding carboxylic acids is 2. The molecule has 1 heterocycles. The second-order valence-electron chi connectivity index (χ2n) is 4.80. The molecular formula is C12H14FN3O4S. The topological polar surface area (TPSA) is 110 Å². The minimum Gasteiger partial charge on any atom is -0.312 e. The molecule has 1 atom stereocenters. The number of anilines is 1. The van der Waals surface area contributed by atoms with Gasteiger partial charge >= 0.3 is 10.2 Å². The molecule has 1 unspecified atom stereocenters. The second-order valence-corrected chi connectivity index (χ2v) is 6.21. The molecule has 0 saturated carbocycles. The van der Waals surface area contributed by atoms with Gasteiger partial charge in [-0.3, -0.25) is 15.0 Å². The molecular weight excluding hydrogens is 301 g/mol. The van der Waals surface area contributed by atoms with Gasteiger partial charge in [-0.25, -0.2) is 5.84 Å². The van der Waals surface area contributed by atoms with Crippen molar-refractivity contribution in [2.24, 2.45) is 11.8 Å². The lowest BCUT2D eigenvalue weighted by atomic mass is 10.1. The van der Waals surface area contributed by atoms with E-state index in [9.17, 15) is 21.9 Å². The van der Waals surface area contributed by atoms with E-state index in [0.717, 1.165) is 0 Å². The van der Waals surface area contributed by atoms with Crippen molar-refractivity contribution in [2.45, 2.75) is 6.42 Å². The molecule has 1 aliphatic rings. The quantitative estimate of drug-likeness (QED) is 0.350. The van der Waals surface area contributed by atoms with Crippen LogP contribution in [0.5, 0.6) is 0 Å². The highest BCUT2D eigenvalue weighted by Gasteiger charge is 2.33. The zero-order valence-electron chi connectivity index (χ0n) is 11.0. The molecule has 0 spiro atoms. The fraction of sp³-hybridized carbons (Fsp3) is 0.333. The molecule has 0 bridgehead atoms. The maximum absolute atomic E-state index is 12.7. The van der Waals surface area contributed by atoms with Crippen molar-refractivity contribution in [3.05, 3.63) is 29.8 Å². The van der Waals surface area contributed by atoms with E-state index in [-0.39, 0.29) is 24.4 Å². The van der Waals surface area contributed by atoms with Gasteiger partial charge in [-0.2, -0.15) is 8.42 Å². The predicted octanol–water partition coefficient (Wildman–Crippen LogP) is -0.0577. The first-order chi connectivity index (χ1) is 9.80. The summed E-state index contributed by atoms with van der Waals surface area (Å²) in [6.07, 6.45) is -0.0452. The monoisotopic (exact) mass is 315 g/mol. The first-order valence-electron chi connectivity index (χ1n) is 6.14. The van der Waals surface area contributed by atoms with E-state index in [1.54, 1.807) is 12.1 Å². The number of hydrazine groups is 1. The molecule has 0 radical (unpaired) electrons. The SMILES string of the molecule is NNC(=O)c1cccc(N2CC(CS(=O)(=O)F)CC2=O)c1. The Morgan fingerprint density at radius 2 is 2.19 bits per heavy atom. The van der Waals surface area contributed by atoms with E-state index in [4.69, 9.17) is 5.84 Å². The lowest BCUT2D eigenvalue weighted by Crippen LogP contribution is -2.30. The Labute approximate surface area is 121 Å². The number of carbonyl (C=O) groups is 2. The van der Waals surface area contributed by atoms with Crippen molar-refractivity contribution in [3.8, 4) is 0 Å². The summed E-state index contributed by atoms with van der Waals surface area (Å²) < 4.78 is 34.0. The van der Waals surface area contributed by atoms with Gasteiger partial charge < -0.3 is 4.90 Å². The first-order valence-corrected chi connectivity index (χ1v) is 7.69. The number of nitrogens with one attached hydrogen (secondary N) is 1. The summed E-state index contributed by atoms with van der Waals surface area (Å²) >= 11 is 0. The Hall–Kier alpha value is -2.00. The molecule has 2 amide bonds. The van der Waals surface area contributed by atoms with E-state index >= 15 is 0 Å². The van der Waals surface area contributed by atoms with Gasteiger partial charge in [0.05, 0.1) is 5.75 Å². The first kappa shape index (κ1) is 15.4. The summed E-state index contributed by atoms with van der Waals surface area (Å²) in [6.45, 7) is 0.0929. The third-order valence-corrected chi connectivity index (χ3v) is 4.06. The number of hydrogen-bond donors (Lipinski definition) is 2. The molecule has 1 aromatic carbocycles. The predicted molar refractivity (Wildman–Crippen MR) is 73.5 cm³/mol. The van der Waals surface area contributed by atoms with Crippen molar-refractivity contribution >= 4 is 27.7 Å². The van der Waals surface area contributed by atoms with Crippen LogP contribution in [0.2, 0.25) is 0 Å².